The Morgan fingerprint density at radius 3 is 2.09 bits per heavy atom. The van der Waals surface area contributed by atoms with Crippen molar-refractivity contribution in [3.05, 3.63) is 0 Å². The largest absolute Gasteiger partial charge is 0.314 e. The highest BCUT2D eigenvalue weighted by Gasteiger charge is 2.48. The van der Waals surface area contributed by atoms with Crippen LogP contribution in [-0.2, 0) is 0 Å². The van der Waals surface area contributed by atoms with Gasteiger partial charge in [0.05, 0.1) is 0 Å². The molecule has 3 saturated heterocycles. The van der Waals surface area contributed by atoms with Crippen molar-refractivity contribution in [2.24, 2.45) is 5.92 Å². The van der Waals surface area contributed by atoms with Crippen LogP contribution in [0.3, 0.4) is 0 Å². The number of rotatable bonds is 1. The summed E-state index contributed by atoms with van der Waals surface area (Å²) in [5.74, 6) is 0.929. The Morgan fingerprint density at radius 2 is 1.82 bits per heavy atom. The van der Waals surface area contributed by atoms with Gasteiger partial charge >= 0.3 is 0 Å². The van der Waals surface area contributed by atoms with Crippen molar-refractivity contribution in [2.45, 2.75) is 38.9 Å². The molecule has 0 radical (unpaired) electrons. The molecule has 2 bridgehead atoms. The maximum Gasteiger partial charge on any atom is 0.0267 e. The molecule has 3 heterocycles. The van der Waals surface area contributed by atoms with E-state index in [1.54, 1.807) is 0 Å². The zero-order chi connectivity index (χ0) is 8.01. The van der Waals surface area contributed by atoms with E-state index < -0.39 is 0 Å². The van der Waals surface area contributed by atoms with Crippen LogP contribution in [0.1, 0.15) is 20.8 Å². The first-order chi connectivity index (χ1) is 5.22. The van der Waals surface area contributed by atoms with Crippen LogP contribution in [0.5, 0.6) is 0 Å². The molecule has 3 aliphatic heterocycles. The predicted molar refractivity (Wildman–Crippen MR) is 46.6 cm³/mol. The number of hydrogen-bond donors (Lipinski definition) is 1. The zero-order valence-electron chi connectivity index (χ0n) is 7.67. The summed E-state index contributed by atoms with van der Waals surface area (Å²) >= 11 is 0. The number of piperidine rings is 1. The van der Waals surface area contributed by atoms with Gasteiger partial charge in [-0.3, -0.25) is 4.90 Å². The molecule has 0 aliphatic carbocycles. The van der Waals surface area contributed by atoms with E-state index >= 15 is 0 Å². The molecular formula is C9H18N2. The van der Waals surface area contributed by atoms with E-state index in [9.17, 15) is 0 Å². The molecule has 0 amide bonds. The van der Waals surface area contributed by atoms with Gasteiger partial charge < -0.3 is 5.32 Å². The Labute approximate surface area is 69.0 Å². The maximum atomic E-state index is 3.46. The van der Waals surface area contributed by atoms with Crippen LogP contribution in [0.2, 0.25) is 0 Å². The SMILES string of the molecule is CC1C2CNCC1N2C(C)C. The van der Waals surface area contributed by atoms with E-state index in [4.69, 9.17) is 0 Å². The third-order valence-electron chi connectivity index (χ3n) is 3.28. The van der Waals surface area contributed by atoms with Gasteiger partial charge in [0.25, 0.3) is 0 Å². The second-order valence-electron chi connectivity index (χ2n) is 4.19. The van der Waals surface area contributed by atoms with E-state index in [2.05, 4.69) is 31.0 Å². The van der Waals surface area contributed by atoms with E-state index in [0.29, 0.717) is 0 Å². The molecular weight excluding hydrogens is 136 g/mol. The molecule has 3 fully saturated rings. The lowest BCUT2D eigenvalue weighted by Gasteiger charge is -2.60. The van der Waals surface area contributed by atoms with Gasteiger partial charge in [0.2, 0.25) is 0 Å². The fourth-order valence-electron chi connectivity index (χ4n) is 2.67. The van der Waals surface area contributed by atoms with Gasteiger partial charge in [0.15, 0.2) is 0 Å². The molecule has 3 aliphatic rings. The second kappa shape index (κ2) is 2.46. The minimum atomic E-state index is 0.739. The molecule has 0 aromatic heterocycles. The van der Waals surface area contributed by atoms with Crippen molar-refractivity contribution in [3.63, 3.8) is 0 Å². The van der Waals surface area contributed by atoms with Crippen molar-refractivity contribution >= 4 is 0 Å². The van der Waals surface area contributed by atoms with Crippen molar-refractivity contribution in [3.8, 4) is 0 Å². The molecule has 2 heteroatoms. The molecule has 0 spiro atoms. The lowest BCUT2D eigenvalue weighted by molar-refractivity contribution is -0.0927. The quantitative estimate of drug-likeness (QED) is 0.597. The maximum absolute atomic E-state index is 3.46. The van der Waals surface area contributed by atoms with Crippen LogP contribution in [0.25, 0.3) is 0 Å². The molecule has 2 nitrogen and oxygen atoms in total. The number of piperazine rings is 1. The van der Waals surface area contributed by atoms with Crippen molar-refractivity contribution in [1.82, 2.24) is 10.2 Å². The zero-order valence-corrected chi connectivity index (χ0v) is 7.67. The molecule has 3 rings (SSSR count). The lowest BCUT2D eigenvalue weighted by atomic mass is 9.77. The topological polar surface area (TPSA) is 15.3 Å². The monoisotopic (exact) mass is 154 g/mol. The van der Waals surface area contributed by atoms with E-state index in [1.165, 1.54) is 13.1 Å². The molecule has 0 aromatic carbocycles. The van der Waals surface area contributed by atoms with Crippen LogP contribution in [-0.4, -0.2) is 36.1 Å². The van der Waals surface area contributed by atoms with Crippen LogP contribution in [0.4, 0.5) is 0 Å². The lowest BCUT2D eigenvalue weighted by Crippen LogP contribution is -2.74. The van der Waals surface area contributed by atoms with Gasteiger partial charge in [-0.05, 0) is 19.8 Å². The molecule has 64 valence electrons. The van der Waals surface area contributed by atoms with Gasteiger partial charge in [0.1, 0.15) is 0 Å². The summed E-state index contributed by atoms with van der Waals surface area (Å²) < 4.78 is 0. The predicted octanol–water partition coefficient (Wildman–Crippen LogP) is 0.687. The summed E-state index contributed by atoms with van der Waals surface area (Å²) in [6.07, 6.45) is 0. The first-order valence-electron chi connectivity index (χ1n) is 4.70. The molecule has 1 N–H and O–H groups in total. The van der Waals surface area contributed by atoms with E-state index in [1.807, 2.05) is 0 Å². The Morgan fingerprint density at radius 1 is 1.27 bits per heavy atom. The van der Waals surface area contributed by atoms with Gasteiger partial charge in [-0.25, -0.2) is 0 Å². The Balaban J connectivity index is 2.05. The second-order valence-corrected chi connectivity index (χ2v) is 4.19. The van der Waals surface area contributed by atoms with Crippen molar-refractivity contribution in [1.29, 1.82) is 0 Å². The first kappa shape index (κ1) is 7.56. The Bertz CT molecular complexity index is 144. The number of nitrogens with one attached hydrogen (secondary N) is 1. The number of nitrogens with zero attached hydrogens (tertiary/aromatic N) is 1. The van der Waals surface area contributed by atoms with Crippen LogP contribution in [0, 0.1) is 5.92 Å². The molecule has 0 aromatic rings. The molecule has 11 heavy (non-hydrogen) atoms. The summed E-state index contributed by atoms with van der Waals surface area (Å²) in [7, 11) is 0. The summed E-state index contributed by atoms with van der Waals surface area (Å²) in [5.41, 5.74) is 0. The van der Waals surface area contributed by atoms with E-state index in [-0.39, 0.29) is 0 Å². The standard InChI is InChI=1S/C9H18N2/c1-6(2)11-8-4-10-5-9(11)7(8)3/h6-10H,4-5H2,1-3H3. The minimum absolute atomic E-state index is 0.739. The van der Waals surface area contributed by atoms with Gasteiger partial charge in [0, 0.05) is 31.2 Å². The highest BCUT2D eigenvalue weighted by molar-refractivity contribution is 5.05. The first-order valence-corrected chi connectivity index (χ1v) is 4.70. The average Bonchev–Trinajstić information content (AvgIpc) is 2.02. The average molecular weight is 154 g/mol. The Kier molecular flexibility index (Phi) is 1.69. The summed E-state index contributed by atoms with van der Waals surface area (Å²) in [6, 6.07) is 2.39. The third-order valence-corrected chi connectivity index (χ3v) is 3.28. The molecule has 2 atom stereocenters. The summed E-state index contributed by atoms with van der Waals surface area (Å²) in [4.78, 5) is 2.65. The smallest absolute Gasteiger partial charge is 0.0267 e. The van der Waals surface area contributed by atoms with Crippen LogP contribution < -0.4 is 5.32 Å². The van der Waals surface area contributed by atoms with Crippen molar-refractivity contribution in [2.75, 3.05) is 13.1 Å². The van der Waals surface area contributed by atoms with Gasteiger partial charge in [-0.2, -0.15) is 0 Å². The van der Waals surface area contributed by atoms with Gasteiger partial charge in [-0.1, -0.05) is 6.92 Å². The van der Waals surface area contributed by atoms with Crippen LogP contribution >= 0.6 is 0 Å². The highest BCUT2D eigenvalue weighted by Crippen LogP contribution is 2.35. The Hall–Kier alpha value is -0.0800. The molecule has 0 saturated carbocycles. The summed E-state index contributed by atoms with van der Waals surface area (Å²) in [6.45, 7) is 9.40. The third kappa shape index (κ3) is 0.926. The van der Waals surface area contributed by atoms with Crippen LogP contribution in [0.15, 0.2) is 0 Å². The van der Waals surface area contributed by atoms with Gasteiger partial charge in [-0.15, -0.1) is 0 Å². The summed E-state index contributed by atoms with van der Waals surface area (Å²) in [5, 5.41) is 3.46. The minimum Gasteiger partial charge on any atom is -0.314 e. The van der Waals surface area contributed by atoms with E-state index in [0.717, 1.165) is 24.0 Å². The highest BCUT2D eigenvalue weighted by atomic mass is 15.3. The number of fused-ring (bicyclic) bond motifs is 2. The molecule has 2 unspecified atom stereocenters. The fourth-order valence-corrected chi connectivity index (χ4v) is 2.67. The number of hydrogen-bond acceptors (Lipinski definition) is 2. The normalized spacial score (nSPS) is 44.2. The van der Waals surface area contributed by atoms with Crippen molar-refractivity contribution < 1.29 is 0 Å². The fraction of sp³-hybridized carbons (Fsp3) is 1.00.